The first-order valence-electron chi connectivity index (χ1n) is 6.32. The van der Waals surface area contributed by atoms with E-state index in [1.807, 2.05) is 12.1 Å². The average Bonchev–Trinajstić information content (AvgIpc) is 2.24. The van der Waals surface area contributed by atoms with E-state index in [0.29, 0.717) is 12.5 Å². The normalized spacial score (nSPS) is 13.8. The molecule has 0 heterocycles. The van der Waals surface area contributed by atoms with Crippen LogP contribution in [-0.2, 0) is 0 Å². The fraction of sp³-hybridized carbons (Fsp3) is 0.600. The molecule has 0 fully saturated rings. The SMILES string of the molecule is CC(C)c1ccccc1OC(CN)C(C)(C)C. The number of benzene rings is 1. The predicted octanol–water partition coefficient (Wildman–Crippen LogP) is 3.56. The zero-order valence-electron chi connectivity index (χ0n) is 11.7. The minimum atomic E-state index is 0.0439. The Morgan fingerprint density at radius 1 is 1.18 bits per heavy atom. The van der Waals surface area contributed by atoms with E-state index in [0.717, 1.165) is 5.75 Å². The second-order valence-electron chi connectivity index (χ2n) is 5.90. The molecule has 1 unspecified atom stereocenters. The summed E-state index contributed by atoms with van der Waals surface area (Å²) in [5, 5.41) is 0. The lowest BCUT2D eigenvalue weighted by atomic mass is 9.89. The Kier molecular flexibility index (Phi) is 4.58. The molecule has 0 aliphatic carbocycles. The van der Waals surface area contributed by atoms with Crippen LogP contribution in [0.4, 0.5) is 0 Å². The lowest BCUT2D eigenvalue weighted by Crippen LogP contribution is -2.39. The second-order valence-corrected chi connectivity index (χ2v) is 5.90. The Morgan fingerprint density at radius 3 is 2.24 bits per heavy atom. The van der Waals surface area contributed by atoms with Crippen LogP contribution in [0.25, 0.3) is 0 Å². The number of ether oxygens (including phenoxy) is 1. The third kappa shape index (κ3) is 3.74. The van der Waals surface area contributed by atoms with E-state index in [4.69, 9.17) is 10.5 Å². The van der Waals surface area contributed by atoms with Crippen molar-refractivity contribution in [2.24, 2.45) is 11.1 Å². The van der Waals surface area contributed by atoms with E-state index in [2.05, 4.69) is 46.8 Å². The summed E-state index contributed by atoms with van der Waals surface area (Å²) >= 11 is 0. The summed E-state index contributed by atoms with van der Waals surface area (Å²) in [4.78, 5) is 0. The van der Waals surface area contributed by atoms with Gasteiger partial charge in [-0.3, -0.25) is 0 Å². The van der Waals surface area contributed by atoms with Gasteiger partial charge in [-0.2, -0.15) is 0 Å². The molecule has 0 saturated heterocycles. The van der Waals surface area contributed by atoms with Gasteiger partial charge in [-0.1, -0.05) is 52.8 Å². The van der Waals surface area contributed by atoms with Crippen LogP contribution >= 0.6 is 0 Å². The van der Waals surface area contributed by atoms with Crippen molar-refractivity contribution >= 4 is 0 Å². The minimum Gasteiger partial charge on any atom is -0.488 e. The molecule has 0 radical (unpaired) electrons. The van der Waals surface area contributed by atoms with Crippen molar-refractivity contribution in [3.63, 3.8) is 0 Å². The zero-order valence-corrected chi connectivity index (χ0v) is 11.7. The van der Waals surface area contributed by atoms with E-state index in [1.54, 1.807) is 0 Å². The summed E-state index contributed by atoms with van der Waals surface area (Å²) in [6.45, 7) is 11.4. The highest BCUT2D eigenvalue weighted by molar-refractivity contribution is 5.35. The third-order valence-corrected chi connectivity index (χ3v) is 2.99. The standard InChI is InChI=1S/C15H25NO/c1-11(2)12-8-6-7-9-13(12)17-14(10-16)15(3,4)5/h6-9,11,14H,10,16H2,1-5H3. The van der Waals surface area contributed by atoms with E-state index < -0.39 is 0 Å². The first kappa shape index (κ1) is 14.0. The van der Waals surface area contributed by atoms with Crippen LogP contribution in [-0.4, -0.2) is 12.6 Å². The van der Waals surface area contributed by atoms with Gasteiger partial charge in [-0.05, 0) is 17.5 Å². The van der Waals surface area contributed by atoms with Gasteiger partial charge < -0.3 is 10.5 Å². The van der Waals surface area contributed by atoms with Gasteiger partial charge in [0.1, 0.15) is 11.9 Å². The van der Waals surface area contributed by atoms with Gasteiger partial charge in [-0.15, -0.1) is 0 Å². The van der Waals surface area contributed by atoms with Crippen molar-refractivity contribution in [2.45, 2.75) is 46.6 Å². The average molecular weight is 235 g/mol. The molecule has 0 saturated carbocycles. The van der Waals surface area contributed by atoms with Crippen molar-refractivity contribution in [1.29, 1.82) is 0 Å². The molecule has 0 bridgehead atoms. The summed E-state index contributed by atoms with van der Waals surface area (Å²) in [6.07, 6.45) is 0.0439. The maximum Gasteiger partial charge on any atom is 0.123 e. The molecule has 1 aromatic carbocycles. The molecular weight excluding hydrogens is 210 g/mol. The monoisotopic (exact) mass is 235 g/mol. The van der Waals surface area contributed by atoms with Gasteiger partial charge >= 0.3 is 0 Å². The largest absolute Gasteiger partial charge is 0.488 e. The van der Waals surface area contributed by atoms with Gasteiger partial charge in [0, 0.05) is 12.0 Å². The fourth-order valence-corrected chi connectivity index (χ4v) is 1.80. The molecule has 1 atom stereocenters. The Balaban J connectivity index is 2.94. The summed E-state index contributed by atoms with van der Waals surface area (Å²) < 4.78 is 6.10. The van der Waals surface area contributed by atoms with Crippen LogP contribution < -0.4 is 10.5 Å². The van der Waals surface area contributed by atoms with E-state index >= 15 is 0 Å². The lowest BCUT2D eigenvalue weighted by molar-refractivity contribution is 0.0929. The van der Waals surface area contributed by atoms with Crippen molar-refractivity contribution in [3.05, 3.63) is 29.8 Å². The molecule has 2 N–H and O–H groups in total. The summed E-state index contributed by atoms with van der Waals surface area (Å²) in [6, 6.07) is 8.22. The van der Waals surface area contributed by atoms with Gasteiger partial charge in [-0.25, -0.2) is 0 Å². The Morgan fingerprint density at radius 2 is 1.76 bits per heavy atom. The highest BCUT2D eigenvalue weighted by Crippen LogP contribution is 2.30. The summed E-state index contributed by atoms with van der Waals surface area (Å²) in [5.74, 6) is 1.43. The minimum absolute atomic E-state index is 0.0439. The maximum atomic E-state index is 6.10. The molecule has 0 aromatic heterocycles. The molecule has 1 aromatic rings. The number of rotatable bonds is 4. The van der Waals surface area contributed by atoms with Crippen LogP contribution in [0, 0.1) is 5.41 Å². The summed E-state index contributed by atoms with van der Waals surface area (Å²) in [5.41, 5.74) is 7.11. The number of hydrogen-bond acceptors (Lipinski definition) is 2. The van der Waals surface area contributed by atoms with Crippen molar-refractivity contribution in [3.8, 4) is 5.75 Å². The third-order valence-electron chi connectivity index (χ3n) is 2.99. The van der Waals surface area contributed by atoms with Crippen LogP contribution in [0.5, 0.6) is 5.75 Å². The van der Waals surface area contributed by atoms with Crippen molar-refractivity contribution < 1.29 is 4.74 Å². The zero-order chi connectivity index (χ0) is 13.1. The van der Waals surface area contributed by atoms with E-state index in [9.17, 15) is 0 Å². The van der Waals surface area contributed by atoms with Gasteiger partial charge in [0.15, 0.2) is 0 Å². The first-order valence-corrected chi connectivity index (χ1v) is 6.32. The lowest BCUT2D eigenvalue weighted by Gasteiger charge is -2.31. The van der Waals surface area contributed by atoms with Gasteiger partial charge in [0.2, 0.25) is 0 Å². The Hall–Kier alpha value is -1.02. The number of para-hydroxylation sites is 1. The molecule has 1 rings (SSSR count). The van der Waals surface area contributed by atoms with Crippen LogP contribution in [0.1, 0.15) is 46.1 Å². The quantitative estimate of drug-likeness (QED) is 0.866. The second kappa shape index (κ2) is 5.54. The highest BCUT2D eigenvalue weighted by atomic mass is 16.5. The molecule has 96 valence electrons. The van der Waals surface area contributed by atoms with Crippen LogP contribution in [0.15, 0.2) is 24.3 Å². The number of hydrogen-bond donors (Lipinski definition) is 1. The number of nitrogens with two attached hydrogens (primary N) is 1. The van der Waals surface area contributed by atoms with Crippen LogP contribution in [0.2, 0.25) is 0 Å². The maximum absolute atomic E-state index is 6.10. The smallest absolute Gasteiger partial charge is 0.123 e. The molecule has 2 heteroatoms. The predicted molar refractivity (Wildman–Crippen MR) is 73.5 cm³/mol. The molecule has 0 spiro atoms. The summed E-state index contributed by atoms with van der Waals surface area (Å²) in [7, 11) is 0. The Bertz CT molecular complexity index is 352. The van der Waals surface area contributed by atoms with Crippen LogP contribution in [0.3, 0.4) is 0 Å². The Labute approximate surface area is 105 Å². The molecule has 17 heavy (non-hydrogen) atoms. The fourth-order valence-electron chi connectivity index (χ4n) is 1.80. The molecule has 2 nitrogen and oxygen atoms in total. The molecule has 0 amide bonds. The highest BCUT2D eigenvalue weighted by Gasteiger charge is 2.26. The van der Waals surface area contributed by atoms with E-state index in [-0.39, 0.29) is 11.5 Å². The molecule has 0 aliphatic rings. The van der Waals surface area contributed by atoms with E-state index in [1.165, 1.54) is 5.56 Å². The van der Waals surface area contributed by atoms with Gasteiger partial charge in [0.05, 0.1) is 0 Å². The van der Waals surface area contributed by atoms with Crippen molar-refractivity contribution in [2.75, 3.05) is 6.54 Å². The topological polar surface area (TPSA) is 35.2 Å². The molecular formula is C15H25NO. The molecule has 0 aliphatic heterocycles. The van der Waals surface area contributed by atoms with Crippen molar-refractivity contribution in [1.82, 2.24) is 0 Å². The first-order chi connectivity index (χ1) is 7.86. The van der Waals surface area contributed by atoms with Gasteiger partial charge in [0.25, 0.3) is 0 Å².